The van der Waals surface area contributed by atoms with Crippen LogP contribution in [0.15, 0.2) is 0 Å². The summed E-state index contributed by atoms with van der Waals surface area (Å²) in [4.78, 5) is 23.8. The predicted molar refractivity (Wildman–Crippen MR) is 62.7 cm³/mol. The van der Waals surface area contributed by atoms with E-state index >= 15 is 0 Å². The lowest BCUT2D eigenvalue weighted by Gasteiger charge is -2.52. The first-order valence-corrected chi connectivity index (χ1v) is 5.92. The van der Waals surface area contributed by atoms with E-state index in [-0.39, 0.29) is 23.3 Å². The van der Waals surface area contributed by atoms with Crippen molar-refractivity contribution in [2.24, 2.45) is 11.3 Å². The van der Waals surface area contributed by atoms with Crippen molar-refractivity contribution in [1.82, 2.24) is 4.90 Å². The summed E-state index contributed by atoms with van der Waals surface area (Å²) in [6.07, 6.45) is -0.607. The van der Waals surface area contributed by atoms with Crippen LogP contribution in [-0.2, 0) is 9.53 Å². The molecule has 2 unspecified atom stereocenters. The van der Waals surface area contributed by atoms with Crippen LogP contribution in [0.1, 0.15) is 34.1 Å². The molecule has 2 atom stereocenters. The van der Waals surface area contributed by atoms with Crippen LogP contribution < -0.4 is 0 Å². The van der Waals surface area contributed by atoms with Gasteiger partial charge in [-0.3, -0.25) is 4.79 Å². The molecule has 1 rings (SSSR count). The number of carbonyl (C=O) groups excluding carboxylic acids is 1. The summed E-state index contributed by atoms with van der Waals surface area (Å²) in [5.41, 5.74) is -0.159. The molecule has 5 nitrogen and oxygen atoms in total. The normalized spacial score (nSPS) is 24.1. The number of nitrogens with zero attached hydrogens (tertiary/aromatic N) is 1. The van der Waals surface area contributed by atoms with Crippen LogP contribution >= 0.6 is 0 Å². The maximum atomic E-state index is 11.4. The topological polar surface area (TPSA) is 66.8 Å². The van der Waals surface area contributed by atoms with Crippen molar-refractivity contribution < 1.29 is 19.4 Å². The first kappa shape index (κ1) is 13.8. The van der Waals surface area contributed by atoms with Gasteiger partial charge < -0.3 is 14.7 Å². The second kappa shape index (κ2) is 4.94. The summed E-state index contributed by atoms with van der Waals surface area (Å²) in [6, 6.07) is -0.107. The van der Waals surface area contributed by atoms with E-state index in [9.17, 15) is 9.59 Å². The first-order chi connectivity index (χ1) is 7.77. The molecule has 0 radical (unpaired) electrons. The van der Waals surface area contributed by atoms with Gasteiger partial charge in [-0.2, -0.15) is 0 Å². The fourth-order valence-corrected chi connectivity index (χ4v) is 2.56. The molecule has 0 aromatic rings. The number of hydrogen-bond acceptors (Lipinski definition) is 3. The van der Waals surface area contributed by atoms with Crippen molar-refractivity contribution in [3.63, 3.8) is 0 Å². The Morgan fingerprint density at radius 3 is 2.41 bits per heavy atom. The van der Waals surface area contributed by atoms with Gasteiger partial charge in [-0.05, 0) is 12.3 Å². The Hall–Kier alpha value is -1.26. The highest BCUT2D eigenvalue weighted by Crippen LogP contribution is 2.39. The minimum Gasteiger partial charge on any atom is -0.466 e. The lowest BCUT2D eigenvalue weighted by Crippen LogP contribution is -2.63. The van der Waals surface area contributed by atoms with Crippen LogP contribution in [0.4, 0.5) is 4.79 Å². The van der Waals surface area contributed by atoms with Gasteiger partial charge in [0.2, 0.25) is 0 Å². The molecule has 1 aliphatic rings. The van der Waals surface area contributed by atoms with Crippen molar-refractivity contribution in [2.75, 3.05) is 13.2 Å². The molecule has 0 aromatic carbocycles. The molecule has 1 aliphatic heterocycles. The van der Waals surface area contributed by atoms with Gasteiger partial charge in [0, 0.05) is 18.5 Å². The van der Waals surface area contributed by atoms with Crippen LogP contribution in [0.25, 0.3) is 0 Å². The lowest BCUT2D eigenvalue weighted by atomic mass is 9.71. The van der Waals surface area contributed by atoms with E-state index in [2.05, 4.69) is 0 Å². The van der Waals surface area contributed by atoms with Gasteiger partial charge in [-0.25, -0.2) is 4.79 Å². The van der Waals surface area contributed by atoms with Gasteiger partial charge in [0.15, 0.2) is 0 Å². The summed E-state index contributed by atoms with van der Waals surface area (Å²) in [7, 11) is 0. The second-order valence-corrected chi connectivity index (χ2v) is 5.52. The average Bonchev–Trinajstić information content (AvgIpc) is 2.08. The number of amides is 1. The standard InChI is InChI=1S/C12H21NO4/c1-5-17-9(14)6-8-7-13(11(15)16)10(8)12(2,3)4/h8,10H,5-7H2,1-4H3,(H,15,16). The number of esters is 1. The number of rotatable bonds is 3. The molecule has 0 aromatic heterocycles. The summed E-state index contributed by atoms with van der Waals surface area (Å²) >= 11 is 0. The molecule has 1 saturated heterocycles. The highest BCUT2D eigenvalue weighted by molar-refractivity contribution is 5.71. The summed E-state index contributed by atoms with van der Waals surface area (Å²) < 4.78 is 4.90. The minimum atomic E-state index is -0.912. The average molecular weight is 243 g/mol. The summed E-state index contributed by atoms with van der Waals surface area (Å²) in [5.74, 6) is -0.165. The number of likely N-dealkylation sites (tertiary alicyclic amines) is 1. The Morgan fingerprint density at radius 2 is 2.00 bits per heavy atom. The van der Waals surface area contributed by atoms with Crippen LogP contribution in [0.5, 0.6) is 0 Å². The van der Waals surface area contributed by atoms with Gasteiger partial charge in [0.25, 0.3) is 0 Å². The first-order valence-electron chi connectivity index (χ1n) is 5.92. The van der Waals surface area contributed by atoms with E-state index in [1.165, 1.54) is 4.90 Å². The highest BCUT2D eigenvalue weighted by atomic mass is 16.5. The van der Waals surface area contributed by atoms with Gasteiger partial charge >= 0.3 is 12.1 Å². The molecule has 17 heavy (non-hydrogen) atoms. The number of ether oxygens (including phenoxy) is 1. The lowest BCUT2D eigenvalue weighted by molar-refractivity contribution is -0.148. The second-order valence-electron chi connectivity index (χ2n) is 5.52. The fraction of sp³-hybridized carbons (Fsp3) is 0.833. The largest absolute Gasteiger partial charge is 0.466 e. The molecular weight excluding hydrogens is 222 g/mol. The van der Waals surface area contributed by atoms with Gasteiger partial charge in [-0.1, -0.05) is 20.8 Å². The molecule has 0 bridgehead atoms. The molecule has 0 spiro atoms. The zero-order chi connectivity index (χ0) is 13.2. The molecule has 0 aliphatic carbocycles. The predicted octanol–water partition coefficient (Wildman–Crippen LogP) is 1.96. The summed E-state index contributed by atoms with van der Waals surface area (Å²) in [5, 5.41) is 9.03. The molecule has 1 heterocycles. The van der Waals surface area contributed by atoms with Crippen molar-refractivity contribution in [2.45, 2.75) is 40.2 Å². The number of carbonyl (C=O) groups is 2. The van der Waals surface area contributed by atoms with Gasteiger partial charge in [-0.15, -0.1) is 0 Å². The van der Waals surface area contributed by atoms with Crippen molar-refractivity contribution in [3.8, 4) is 0 Å². The SMILES string of the molecule is CCOC(=O)CC1CN(C(=O)O)C1C(C)(C)C. The number of carboxylic acid groups (broad SMARTS) is 1. The Bertz CT molecular complexity index is 308. The van der Waals surface area contributed by atoms with Crippen LogP contribution in [0.3, 0.4) is 0 Å². The zero-order valence-electron chi connectivity index (χ0n) is 10.9. The quantitative estimate of drug-likeness (QED) is 0.769. The van der Waals surface area contributed by atoms with E-state index in [4.69, 9.17) is 9.84 Å². The minimum absolute atomic E-state index is 0.0742. The van der Waals surface area contributed by atoms with E-state index < -0.39 is 6.09 Å². The smallest absolute Gasteiger partial charge is 0.407 e. The van der Waals surface area contributed by atoms with E-state index in [0.717, 1.165) is 0 Å². The monoisotopic (exact) mass is 243 g/mol. The molecule has 0 saturated carbocycles. The molecular formula is C12H21NO4. The highest BCUT2D eigenvalue weighted by Gasteiger charge is 2.48. The molecule has 1 N–H and O–H groups in total. The van der Waals surface area contributed by atoms with Crippen LogP contribution in [-0.4, -0.2) is 41.3 Å². The maximum absolute atomic E-state index is 11.4. The van der Waals surface area contributed by atoms with Crippen LogP contribution in [0, 0.1) is 11.3 Å². The number of hydrogen-bond donors (Lipinski definition) is 1. The Balaban J connectivity index is 2.64. The van der Waals surface area contributed by atoms with Gasteiger partial charge in [0.05, 0.1) is 13.0 Å². The van der Waals surface area contributed by atoms with Crippen molar-refractivity contribution in [1.29, 1.82) is 0 Å². The van der Waals surface area contributed by atoms with Gasteiger partial charge in [0.1, 0.15) is 0 Å². The van der Waals surface area contributed by atoms with E-state index in [1.807, 2.05) is 20.8 Å². The molecule has 1 fully saturated rings. The Kier molecular flexibility index (Phi) is 4.01. The van der Waals surface area contributed by atoms with Crippen molar-refractivity contribution in [3.05, 3.63) is 0 Å². The van der Waals surface area contributed by atoms with E-state index in [1.54, 1.807) is 6.92 Å². The van der Waals surface area contributed by atoms with E-state index in [0.29, 0.717) is 19.6 Å². The zero-order valence-corrected chi connectivity index (χ0v) is 10.9. The Morgan fingerprint density at radius 1 is 1.41 bits per heavy atom. The third-order valence-electron chi connectivity index (χ3n) is 3.08. The molecule has 5 heteroatoms. The molecule has 98 valence electrons. The third kappa shape index (κ3) is 3.11. The maximum Gasteiger partial charge on any atom is 0.407 e. The van der Waals surface area contributed by atoms with Crippen LogP contribution in [0.2, 0.25) is 0 Å². The molecule has 1 amide bonds. The fourth-order valence-electron chi connectivity index (χ4n) is 2.56. The van der Waals surface area contributed by atoms with Crippen molar-refractivity contribution >= 4 is 12.1 Å². The third-order valence-corrected chi connectivity index (χ3v) is 3.08. The Labute approximate surface area is 102 Å². The summed E-state index contributed by atoms with van der Waals surface area (Å²) in [6.45, 7) is 8.54.